The largest absolute Gasteiger partial charge is 0.456 e. The smallest absolute Gasteiger partial charge is 0.135 e. The molecule has 10 rings (SSSR count). The summed E-state index contributed by atoms with van der Waals surface area (Å²) in [5.41, 5.74) is 15.2. The van der Waals surface area contributed by atoms with Gasteiger partial charge in [0, 0.05) is 10.9 Å². The topological polar surface area (TPSA) is 9.23 Å². The summed E-state index contributed by atoms with van der Waals surface area (Å²) in [6.45, 7) is 0. The zero-order valence-electron chi connectivity index (χ0n) is 22.8. The Bertz CT molecular complexity index is 2220. The number of rotatable bonds is 1. The van der Waals surface area contributed by atoms with E-state index in [0.29, 0.717) is 0 Å². The van der Waals surface area contributed by atoms with Crippen molar-refractivity contribution in [2.45, 2.75) is 5.41 Å². The molecule has 42 heavy (non-hydrogen) atoms. The fraction of sp³-hybridized carbons (Fsp3) is 0.0244. The highest BCUT2D eigenvalue weighted by Crippen LogP contribution is 2.64. The molecule has 3 aliphatic rings. The Morgan fingerprint density at radius 2 is 0.929 bits per heavy atom. The van der Waals surface area contributed by atoms with Gasteiger partial charge in [-0.05, 0) is 84.8 Å². The van der Waals surface area contributed by atoms with Crippen LogP contribution in [0, 0.1) is 0 Å². The molecule has 7 aromatic rings. The van der Waals surface area contributed by atoms with Crippen LogP contribution < -0.4 is 4.74 Å². The molecular weight excluding hydrogens is 508 g/mol. The molecule has 0 atom stereocenters. The molecule has 2 aliphatic carbocycles. The quantitative estimate of drug-likeness (QED) is 0.204. The maximum atomic E-state index is 6.47. The summed E-state index contributed by atoms with van der Waals surface area (Å²) in [5.74, 6) is 1.84. The van der Waals surface area contributed by atoms with Gasteiger partial charge in [-0.25, -0.2) is 0 Å². The number of fused-ring (bicyclic) bond motifs is 12. The molecule has 1 nitrogen and oxygen atoms in total. The van der Waals surface area contributed by atoms with Crippen LogP contribution in [0.1, 0.15) is 22.3 Å². The van der Waals surface area contributed by atoms with Crippen LogP contribution in [-0.2, 0) is 5.41 Å². The number of ether oxygens (including phenoxy) is 1. The van der Waals surface area contributed by atoms with E-state index >= 15 is 0 Å². The van der Waals surface area contributed by atoms with E-state index in [4.69, 9.17) is 4.74 Å². The Morgan fingerprint density at radius 1 is 0.381 bits per heavy atom. The first kappa shape index (κ1) is 22.3. The Kier molecular flexibility index (Phi) is 4.18. The first-order valence-corrected chi connectivity index (χ1v) is 14.6. The van der Waals surface area contributed by atoms with Gasteiger partial charge in [0.1, 0.15) is 11.5 Å². The lowest BCUT2D eigenvalue weighted by atomic mass is 9.68. The van der Waals surface area contributed by atoms with E-state index in [0.717, 1.165) is 17.1 Å². The van der Waals surface area contributed by atoms with E-state index < -0.39 is 0 Å². The van der Waals surface area contributed by atoms with Crippen molar-refractivity contribution in [1.29, 1.82) is 0 Å². The second-order valence-electron chi connectivity index (χ2n) is 11.6. The summed E-state index contributed by atoms with van der Waals surface area (Å²) in [6, 6.07) is 53.5. The molecule has 0 saturated carbocycles. The number of benzene rings is 7. The van der Waals surface area contributed by atoms with E-state index in [1.54, 1.807) is 0 Å². The van der Waals surface area contributed by atoms with Crippen LogP contribution in [0.4, 0.5) is 0 Å². The second kappa shape index (κ2) is 7.87. The van der Waals surface area contributed by atoms with Crippen LogP contribution in [0.5, 0.6) is 11.5 Å². The maximum absolute atomic E-state index is 6.47. The van der Waals surface area contributed by atoms with Gasteiger partial charge in [-0.2, -0.15) is 0 Å². The van der Waals surface area contributed by atoms with Crippen molar-refractivity contribution < 1.29 is 4.74 Å². The third-order valence-corrected chi connectivity index (χ3v) is 9.68. The Balaban J connectivity index is 1.30. The van der Waals surface area contributed by atoms with E-state index in [2.05, 4.69) is 146 Å². The molecule has 0 radical (unpaired) electrons. The van der Waals surface area contributed by atoms with Crippen molar-refractivity contribution in [2.75, 3.05) is 0 Å². The molecule has 1 aliphatic heterocycles. The van der Waals surface area contributed by atoms with Gasteiger partial charge in [0.25, 0.3) is 0 Å². The molecule has 194 valence electrons. The zero-order chi connectivity index (χ0) is 27.4. The molecule has 0 fully saturated rings. The lowest BCUT2D eigenvalue weighted by molar-refractivity contribution is 0.487. The highest BCUT2D eigenvalue weighted by atomic mass is 16.5. The summed E-state index contributed by atoms with van der Waals surface area (Å²) >= 11 is 0. The minimum absolute atomic E-state index is 0.380. The van der Waals surface area contributed by atoms with Gasteiger partial charge in [-0.15, -0.1) is 0 Å². The fourth-order valence-electron chi connectivity index (χ4n) is 8.13. The average molecular weight is 533 g/mol. The van der Waals surface area contributed by atoms with Gasteiger partial charge < -0.3 is 4.74 Å². The minimum atomic E-state index is -0.380. The van der Waals surface area contributed by atoms with E-state index in [-0.39, 0.29) is 5.41 Å². The lowest BCUT2D eigenvalue weighted by Gasteiger charge is -2.32. The summed E-state index contributed by atoms with van der Waals surface area (Å²) in [7, 11) is 0. The van der Waals surface area contributed by atoms with Crippen LogP contribution in [0.15, 0.2) is 146 Å². The van der Waals surface area contributed by atoms with Gasteiger partial charge >= 0.3 is 0 Å². The summed E-state index contributed by atoms with van der Waals surface area (Å²) in [4.78, 5) is 0. The van der Waals surface area contributed by atoms with Crippen molar-refractivity contribution in [1.82, 2.24) is 0 Å². The molecule has 0 unspecified atom stereocenters. The molecule has 0 saturated heterocycles. The van der Waals surface area contributed by atoms with Gasteiger partial charge in [-0.1, -0.05) is 127 Å². The fourth-order valence-corrected chi connectivity index (χ4v) is 8.13. The molecule has 1 heterocycles. The highest BCUT2D eigenvalue weighted by Gasteiger charge is 2.52. The molecule has 0 N–H and O–H groups in total. The molecule has 1 heteroatoms. The van der Waals surface area contributed by atoms with Gasteiger partial charge in [0.15, 0.2) is 0 Å². The van der Waals surface area contributed by atoms with Crippen molar-refractivity contribution in [3.05, 3.63) is 168 Å². The minimum Gasteiger partial charge on any atom is -0.456 e. The number of hydrogen-bond donors (Lipinski definition) is 0. The Labute approximate surface area is 244 Å². The maximum Gasteiger partial charge on any atom is 0.135 e. The first-order valence-electron chi connectivity index (χ1n) is 14.6. The average Bonchev–Trinajstić information content (AvgIpc) is 3.53. The third kappa shape index (κ3) is 2.60. The second-order valence-corrected chi connectivity index (χ2v) is 11.6. The molecular formula is C41H24O. The van der Waals surface area contributed by atoms with Crippen LogP contribution in [-0.4, -0.2) is 0 Å². The zero-order valence-corrected chi connectivity index (χ0v) is 22.8. The summed E-state index contributed by atoms with van der Waals surface area (Å²) in [5, 5.41) is 2.39. The van der Waals surface area contributed by atoms with Crippen LogP contribution in [0.25, 0.3) is 55.3 Å². The van der Waals surface area contributed by atoms with Gasteiger partial charge in [0.05, 0.1) is 5.41 Å². The normalized spacial score (nSPS) is 14.1. The molecule has 0 bridgehead atoms. The van der Waals surface area contributed by atoms with E-state index in [9.17, 15) is 0 Å². The Hall–Kier alpha value is -5.40. The van der Waals surface area contributed by atoms with E-state index in [1.807, 2.05) is 0 Å². The van der Waals surface area contributed by atoms with Crippen molar-refractivity contribution in [3.8, 4) is 56.0 Å². The Morgan fingerprint density at radius 3 is 1.64 bits per heavy atom. The van der Waals surface area contributed by atoms with Crippen molar-refractivity contribution in [3.63, 3.8) is 0 Å². The molecule has 0 aromatic heterocycles. The van der Waals surface area contributed by atoms with E-state index in [1.165, 1.54) is 72.0 Å². The number of hydrogen-bond acceptors (Lipinski definition) is 1. The third-order valence-electron chi connectivity index (χ3n) is 9.68. The van der Waals surface area contributed by atoms with Crippen LogP contribution in [0.3, 0.4) is 0 Å². The van der Waals surface area contributed by atoms with Crippen LogP contribution in [0.2, 0.25) is 0 Å². The standard InChI is InChI=1S/C41H24O/c1-4-18-34-28(12-1)29-13-2-5-19-35(29)41(34)36-20-6-3-14-30(36)32-17-9-15-27(40(32)41)26-22-23-37-33(24-26)31-16-7-10-25-11-8-21-38(42-37)39(25)31/h1-24H. The SMILES string of the molecule is c1ccc2c(c1)-c1ccccc1C21c2ccccc2-c2cccc(-c3ccc4c(c3)-c3cccc5cccc(c35)O4)c21. The highest BCUT2D eigenvalue weighted by molar-refractivity contribution is 6.05. The van der Waals surface area contributed by atoms with Gasteiger partial charge in [0.2, 0.25) is 0 Å². The molecule has 0 amide bonds. The molecule has 7 aromatic carbocycles. The summed E-state index contributed by atoms with van der Waals surface area (Å²) in [6.07, 6.45) is 0. The molecule has 1 spiro atoms. The summed E-state index contributed by atoms with van der Waals surface area (Å²) < 4.78 is 6.47. The van der Waals surface area contributed by atoms with Crippen molar-refractivity contribution in [2.24, 2.45) is 0 Å². The predicted octanol–water partition coefficient (Wildman–Crippen LogP) is 10.6. The predicted molar refractivity (Wildman–Crippen MR) is 171 cm³/mol. The van der Waals surface area contributed by atoms with Crippen LogP contribution >= 0.6 is 0 Å². The van der Waals surface area contributed by atoms with Crippen molar-refractivity contribution >= 4 is 10.8 Å². The first-order chi connectivity index (χ1) is 20.8. The monoisotopic (exact) mass is 532 g/mol. The lowest BCUT2D eigenvalue weighted by Crippen LogP contribution is -2.26. The van der Waals surface area contributed by atoms with Gasteiger partial charge in [-0.3, -0.25) is 0 Å².